The third-order valence-electron chi connectivity index (χ3n) is 4.62. The predicted molar refractivity (Wildman–Crippen MR) is 87.9 cm³/mol. The highest BCUT2D eigenvalue weighted by atomic mass is 16.5. The number of hydrogen-bond acceptors (Lipinski definition) is 6. The van der Waals surface area contributed by atoms with Crippen LogP contribution in [0.15, 0.2) is 47.5 Å². The van der Waals surface area contributed by atoms with E-state index in [1.54, 1.807) is 12.7 Å². The number of hydrogen-bond donors (Lipinski definition) is 0. The molecule has 0 amide bonds. The molecule has 1 aliphatic heterocycles. The largest absolute Gasteiger partial charge is 0.337 e. The van der Waals surface area contributed by atoms with Crippen LogP contribution in [0.3, 0.4) is 0 Å². The van der Waals surface area contributed by atoms with Gasteiger partial charge in [0.1, 0.15) is 12.7 Å². The minimum Gasteiger partial charge on any atom is -0.337 e. The lowest BCUT2D eigenvalue weighted by Crippen LogP contribution is -2.35. The summed E-state index contributed by atoms with van der Waals surface area (Å²) in [6.45, 7) is 4.00. The normalized spacial score (nSPS) is 19.6. The summed E-state index contributed by atoms with van der Waals surface area (Å²) in [5, 5.41) is 8.36. The van der Waals surface area contributed by atoms with Crippen molar-refractivity contribution in [3.8, 4) is 11.4 Å². The Morgan fingerprint density at radius 3 is 2.96 bits per heavy atom. The summed E-state index contributed by atoms with van der Waals surface area (Å²) in [4.78, 5) is 11.0. The molecular formula is C17H20N6O. The van der Waals surface area contributed by atoms with Crippen LogP contribution in [0.5, 0.6) is 0 Å². The summed E-state index contributed by atoms with van der Waals surface area (Å²) in [5.41, 5.74) is 0.972. The fraction of sp³-hybridized carbons (Fsp3) is 0.412. The molecule has 0 N–H and O–H groups in total. The van der Waals surface area contributed by atoms with E-state index in [2.05, 4.69) is 32.0 Å². The van der Waals surface area contributed by atoms with Crippen LogP contribution in [0.2, 0.25) is 0 Å². The molecule has 3 aromatic rings. The van der Waals surface area contributed by atoms with Gasteiger partial charge in [-0.05, 0) is 26.3 Å². The summed E-state index contributed by atoms with van der Waals surface area (Å²) in [6, 6.07) is 10.4. The Morgan fingerprint density at radius 1 is 1.29 bits per heavy atom. The molecule has 0 bridgehead atoms. The van der Waals surface area contributed by atoms with Crippen LogP contribution in [0.1, 0.15) is 31.7 Å². The van der Waals surface area contributed by atoms with Gasteiger partial charge in [-0.1, -0.05) is 35.5 Å². The standard InChI is InChI=1S/C17H20N6O/c1-13(17-20-16(21-24-17)14-6-3-2-4-7-14)23-9-5-8-15(23)10-22-12-18-11-19-22/h2-4,6-7,11-13,15H,5,8-10H2,1H3/t13-,15+/m0/s1. The molecule has 0 unspecified atom stereocenters. The first kappa shape index (κ1) is 15.0. The molecule has 0 spiro atoms. The maximum absolute atomic E-state index is 5.54. The van der Waals surface area contributed by atoms with E-state index < -0.39 is 0 Å². The lowest BCUT2D eigenvalue weighted by Gasteiger charge is -2.28. The molecule has 124 valence electrons. The van der Waals surface area contributed by atoms with Crippen molar-refractivity contribution in [3.63, 3.8) is 0 Å². The molecule has 0 aliphatic carbocycles. The summed E-state index contributed by atoms with van der Waals surface area (Å²) >= 11 is 0. The van der Waals surface area contributed by atoms with Crippen LogP contribution in [0.4, 0.5) is 0 Å². The molecule has 1 saturated heterocycles. The highest BCUT2D eigenvalue weighted by molar-refractivity contribution is 5.53. The van der Waals surface area contributed by atoms with Crippen molar-refractivity contribution in [1.82, 2.24) is 29.8 Å². The van der Waals surface area contributed by atoms with E-state index in [0.717, 1.165) is 25.1 Å². The summed E-state index contributed by atoms with van der Waals surface area (Å²) < 4.78 is 7.43. The van der Waals surface area contributed by atoms with Crippen molar-refractivity contribution in [2.45, 2.75) is 38.4 Å². The van der Waals surface area contributed by atoms with Gasteiger partial charge in [0.05, 0.1) is 12.6 Å². The van der Waals surface area contributed by atoms with Gasteiger partial charge in [0, 0.05) is 11.6 Å². The van der Waals surface area contributed by atoms with Crippen molar-refractivity contribution in [3.05, 3.63) is 48.9 Å². The highest BCUT2D eigenvalue weighted by Gasteiger charge is 2.32. The third kappa shape index (κ3) is 2.94. The van der Waals surface area contributed by atoms with E-state index >= 15 is 0 Å². The van der Waals surface area contributed by atoms with E-state index in [9.17, 15) is 0 Å². The van der Waals surface area contributed by atoms with Crippen LogP contribution >= 0.6 is 0 Å². The second kappa shape index (κ2) is 6.52. The molecule has 2 aromatic heterocycles. The molecule has 0 radical (unpaired) electrons. The van der Waals surface area contributed by atoms with E-state index in [1.165, 1.54) is 6.42 Å². The maximum Gasteiger partial charge on any atom is 0.244 e. The van der Waals surface area contributed by atoms with Gasteiger partial charge in [-0.3, -0.25) is 9.58 Å². The number of aromatic nitrogens is 5. The first-order valence-electron chi connectivity index (χ1n) is 8.28. The molecule has 7 nitrogen and oxygen atoms in total. The van der Waals surface area contributed by atoms with Crippen molar-refractivity contribution in [2.24, 2.45) is 0 Å². The summed E-state index contributed by atoms with van der Waals surface area (Å²) in [5.74, 6) is 1.31. The fourth-order valence-corrected chi connectivity index (χ4v) is 3.36. The SMILES string of the molecule is C[C@@H](c1nc(-c2ccccc2)no1)N1CCC[C@@H]1Cn1cncn1. The molecule has 3 heterocycles. The molecule has 1 fully saturated rings. The van der Waals surface area contributed by atoms with Gasteiger partial charge >= 0.3 is 0 Å². The van der Waals surface area contributed by atoms with E-state index in [4.69, 9.17) is 4.52 Å². The first-order chi connectivity index (χ1) is 11.8. The van der Waals surface area contributed by atoms with E-state index in [1.807, 2.05) is 35.0 Å². The van der Waals surface area contributed by atoms with E-state index in [-0.39, 0.29) is 6.04 Å². The number of benzene rings is 1. The maximum atomic E-state index is 5.54. The zero-order chi connectivity index (χ0) is 16.4. The molecule has 1 aromatic carbocycles. The van der Waals surface area contributed by atoms with Gasteiger partial charge < -0.3 is 4.52 Å². The highest BCUT2D eigenvalue weighted by Crippen LogP contribution is 2.30. The van der Waals surface area contributed by atoms with Crippen molar-refractivity contribution in [1.29, 1.82) is 0 Å². The minimum atomic E-state index is 0.0889. The Bertz CT molecular complexity index is 770. The van der Waals surface area contributed by atoms with Crippen LogP contribution in [-0.4, -0.2) is 42.4 Å². The number of likely N-dealkylation sites (tertiary alicyclic amines) is 1. The smallest absolute Gasteiger partial charge is 0.244 e. The topological polar surface area (TPSA) is 72.9 Å². The Labute approximate surface area is 140 Å². The molecule has 2 atom stereocenters. The fourth-order valence-electron chi connectivity index (χ4n) is 3.36. The van der Waals surface area contributed by atoms with Crippen molar-refractivity contribution >= 4 is 0 Å². The molecule has 0 saturated carbocycles. The second-order valence-electron chi connectivity index (χ2n) is 6.15. The Balaban J connectivity index is 1.50. The second-order valence-corrected chi connectivity index (χ2v) is 6.15. The zero-order valence-electron chi connectivity index (χ0n) is 13.6. The average molecular weight is 324 g/mol. The van der Waals surface area contributed by atoms with Crippen LogP contribution in [0.25, 0.3) is 11.4 Å². The van der Waals surface area contributed by atoms with E-state index in [0.29, 0.717) is 17.8 Å². The predicted octanol–water partition coefficient (Wildman–Crippen LogP) is 2.55. The van der Waals surface area contributed by atoms with Crippen LogP contribution in [0, 0.1) is 0 Å². The zero-order valence-corrected chi connectivity index (χ0v) is 13.6. The molecule has 24 heavy (non-hydrogen) atoms. The van der Waals surface area contributed by atoms with Crippen molar-refractivity contribution in [2.75, 3.05) is 6.54 Å². The van der Waals surface area contributed by atoms with Crippen molar-refractivity contribution < 1.29 is 4.52 Å². The van der Waals surface area contributed by atoms with Gasteiger partial charge in [-0.2, -0.15) is 10.1 Å². The van der Waals surface area contributed by atoms with Crippen LogP contribution in [-0.2, 0) is 6.54 Å². The third-order valence-corrected chi connectivity index (χ3v) is 4.62. The van der Waals surface area contributed by atoms with Gasteiger partial charge in [-0.15, -0.1) is 0 Å². The monoisotopic (exact) mass is 324 g/mol. The molecular weight excluding hydrogens is 304 g/mol. The van der Waals surface area contributed by atoms with Gasteiger partial charge in [0.25, 0.3) is 0 Å². The average Bonchev–Trinajstić information content (AvgIpc) is 3.37. The van der Waals surface area contributed by atoms with Crippen LogP contribution < -0.4 is 0 Å². The minimum absolute atomic E-state index is 0.0889. The molecule has 4 rings (SSSR count). The Morgan fingerprint density at radius 2 is 2.17 bits per heavy atom. The van der Waals surface area contributed by atoms with Gasteiger partial charge in [-0.25, -0.2) is 4.98 Å². The lowest BCUT2D eigenvalue weighted by molar-refractivity contribution is 0.144. The Hall–Kier alpha value is -2.54. The van der Waals surface area contributed by atoms with Gasteiger partial charge in [0.2, 0.25) is 11.7 Å². The quantitative estimate of drug-likeness (QED) is 0.718. The molecule has 7 heteroatoms. The first-order valence-corrected chi connectivity index (χ1v) is 8.28. The number of rotatable bonds is 5. The lowest BCUT2D eigenvalue weighted by atomic mass is 10.2. The Kier molecular flexibility index (Phi) is 4.08. The summed E-state index contributed by atoms with van der Waals surface area (Å²) in [6.07, 6.45) is 5.65. The summed E-state index contributed by atoms with van der Waals surface area (Å²) in [7, 11) is 0. The molecule has 1 aliphatic rings. The number of nitrogens with zero attached hydrogens (tertiary/aromatic N) is 6. The van der Waals surface area contributed by atoms with Gasteiger partial charge in [0.15, 0.2) is 0 Å².